The van der Waals surface area contributed by atoms with Gasteiger partial charge in [-0.3, -0.25) is 0 Å². The second-order valence-electron chi connectivity index (χ2n) is 4.58. The summed E-state index contributed by atoms with van der Waals surface area (Å²) in [5, 5.41) is 3.21. The Morgan fingerprint density at radius 2 is 2.31 bits per heavy atom. The van der Waals surface area contributed by atoms with Crippen LogP contribution in [-0.4, -0.2) is 48.2 Å². The first-order valence-corrected chi connectivity index (χ1v) is 6.01. The summed E-state index contributed by atoms with van der Waals surface area (Å²) in [5.41, 5.74) is 0. The monoisotopic (exact) mass is 224 g/mol. The van der Waals surface area contributed by atoms with Gasteiger partial charge in [-0.1, -0.05) is 6.92 Å². The predicted octanol–water partition coefficient (Wildman–Crippen LogP) is 1.06. The van der Waals surface area contributed by atoms with Crippen molar-refractivity contribution in [1.29, 1.82) is 0 Å². The highest BCUT2D eigenvalue weighted by Crippen LogP contribution is 1.98. The maximum Gasteiger partial charge on any atom is 0.0945 e. The predicted molar refractivity (Wildman–Crippen MR) is 67.4 cm³/mol. The molecular formula is C12H24N4. The zero-order chi connectivity index (χ0) is 11.8. The molecule has 0 saturated carbocycles. The third-order valence-electron chi connectivity index (χ3n) is 2.69. The molecule has 1 unspecified atom stereocenters. The summed E-state index contributed by atoms with van der Waals surface area (Å²) in [5.74, 6) is 0.711. The van der Waals surface area contributed by atoms with E-state index in [1.165, 1.54) is 6.42 Å². The van der Waals surface area contributed by atoms with Crippen molar-refractivity contribution in [3.63, 3.8) is 0 Å². The Balaban J connectivity index is 2.08. The van der Waals surface area contributed by atoms with Crippen LogP contribution in [-0.2, 0) is 6.54 Å². The third-order valence-corrected chi connectivity index (χ3v) is 2.69. The molecule has 0 spiro atoms. The van der Waals surface area contributed by atoms with Crippen LogP contribution in [0.5, 0.6) is 0 Å². The Labute approximate surface area is 98.7 Å². The van der Waals surface area contributed by atoms with Crippen molar-refractivity contribution in [2.75, 3.05) is 33.7 Å². The van der Waals surface area contributed by atoms with Gasteiger partial charge in [0.05, 0.1) is 6.33 Å². The number of rotatable bonds is 8. The van der Waals surface area contributed by atoms with Crippen molar-refractivity contribution in [1.82, 2.24) is 19.8 Å². The first-order valence-electron chi connectivity index (χ1n) is 6.01. The number of imidazole rings is 1. The van der Waals surface area contributed by atoms with E-state index >= 15 is 0 Å². The average molecular weight is 224 g/mol. The summed E-state index contributed by atoms with van der Waals surface area (Å²) in [6.45, 7) is 6.73. The van der Waals surface area contributed by atoms with Crippen molar-refractivity contribution in [3.05, 3.63) is 18.7 Å². The van der Waals surface area contributed by atoms with E-state index in [1.807, 2.05) is 25.8 Å². The Hall–Kier alpha value is -0.870. The SMILES string of the molecule is CNCC(C)CN(C)CCCn1ccnc1. The van der Waals surface area contributed by atoms with Crippen molar-refractivity contribution in [2.24, 2.45) is 5.92 Å². The minimum Gasteiger partial charge on any atom is -0.337 e. The smallest absolute Gasteiger partial charge is 0.0945 e. The quantitative estimate of drug-likeness (QED) is 0.717. The minimum atomic E-state index is 0.711. The standard InChI is InChI=1S/C12H24N4/c1-12(9-13-2)10-15(3)6-4-7-16-8-5-14-11-16/h5,8,11-13H,4,6-7,9-10H2,1-3H3. The molecule has 1 heterocycles. The van der Waals surface area contributed by atoms with Gasteiger partial charge >= 0.3 is 0 Å². The molecule has 4 heteroatoms. The van der Waals surface area contributed by atoms with Gasteiger partial charge in [0.15, 0.2) is 0 Å². The Kier molecular flexibility index (Phi) is 6.11. The van der Waals surface area contributed by atoms with E-state index in [2.05, 4.69) is 33.7 Å². The fourth-order valence-corrected chi connectivity index (χ4v) is 1.98. The van der Waals surface area contributed by atoms with Gasteiger partial charge in [0.25, 0.3) is 0 Å². The first-order chi connectivity index (χ1) is 7.72. The normalized spacial score (nSPS) is 13.2. The average Bonchev–Trinajstić information content (AvgIpc) is 2.70. The number of nitrogens with zero attached hydrogens (tertiary/aromatic N) is 3. The molecule has 92 valence electrons. The lowest BCUT2D eigenvalue weighted by Crippen LogP contribution is -2.30. The fourth-order valence-electron chi connectivity index (χ4n) is 1.98. The number of aromatic nitrogens is 2. The van der Waals surface area contributed by atoms with Crippen LogP contribution < -0.4 is 5.32 Å². The highest BCUT2D eigenvalue weighted by molar-refractivity contribution is 4.74. The minimum absolute atomic E-state index is 0.711. The molecule has 4 nitrogen and oxygen atoms in total. The molecule has 0 fully saturated rings. The van der Waals surface area contributed by atoms with Gasteiger partial charge in [-0.15, -0.1) is 0 Å². The molecule has 0 saturated heterocycles. The van der Waals surface area contributed by atoms with Crippen molar-refractivity contribution < 1.29 is 0 Å². The first kappa shape index (κ1) is 13.2. The van der Waals surface area contributed by atoms with E-state index in [0.717, 1.165) is 26.2 Å². The number of hydrogen-bond donors (Lipinski definition) is 1. The summed E-state index contributed by atoms with van der Waals surface area (Å²) < 4.78 is 2.13. The molecule has 0 radical (unpaired) electrons. The molecule has 0 amide bonds. The molecular weight excluding hydrogens is 200 g/mol. The highest BCUT2D eigenvalue weighted by atomic mass is 15.1. The molecule has 1 aromatic rings. The summed E-state index contributed by atoms with van der Waals surface area (Å²) >= 11 is 0. The Morgan fingerprint density at radius 1 is 1.50 bits per heavy atom. The second-order valence-corrected chi connectivity index (χ2v) is 4.58. The van der Waals surface area contributed by atoms with E-state index in [4.69, 9.17) is 0 Å². The van der Waals surface area contributed by atoms with Gasteiger partial charge < -0.3 is 14.8 Å². The Morgan fingerprint density at radius 3 is 2.94 bits per heavy atom. The summed E-state index contributed by atoms with van der Waals surface area (Å²) in [4.78, 5) is 6.44. The maximum absolute atomic E-state index is 4.03. The van der Waals surface area contributed by atoms with E-state index in [-0.39, 0.29) is 0 Å². The van der Waals surface area contributed by atoms with Gasteiger partial charge in [0, 0.05) is 25.5 Å². The largest absolute Gasteiger partial charge is 0.337 e. The van der Waals surface area contributed by atoms with Crippen LogP contribution in [0, 0.1) is 5.92 Å². The number of hydrogen-bond acceptors (Lipinski definition) is 3. The van der Waals surface area contributed by atoms with E-state index in [9.17, 15) is 0 Å². The molecule has 0 aromatic carbocycles. The van der Waals surface area contributed by atoms with Crippen LogP contribution in [0.25, 0.3) is 0 Å². The number of aryl methyl sites for hydroxylation is 1. The molecule has 1 atom stereocenters. The molecule has 0 aliphatic carbocycles. The fraction of sp³-hybridized carbons (Fsp3) is 0.750. The van der Waals surface area contributed by atoms with Gasteiger partial charge in [-0.2, -0.15) is 0 Å². The van der Waals surface area contributed by atoms with Crippen LogP contribution in [0.1, 0.15) is 13.3 Å². The maximum atomic E-state index is 4.03. The molecule has 1 aromatic heterocycles. The Bertz CT molecular complexity index is 258. The second kappa shape index (κ2) is 7.41. The third kappa shape index (κ3) is 5.28. The molecule has 1 N–H and O–H groups in total. The summed E-state index contributed by atoms with van der Waals surface area (Å²) in [6, 6.07) is 0. The molecule has 1 rings (SSSR count). The van der Waals surface area contributed by atoms with Gasteiger partial charge in [0.1, 0.15) is 0 Å². The molecule has 0 aliphatic heterocycles. The van der Waals surface area contributed by atoms with E-state index < -0.39 is 0 Å². The van der Waals surface area contributed by atoms with Gasteiger partial charge in [0.2, 0.25) is 0 Å². The number of nitrogens with one attached hydrogen (secondary N) is 1. The summed E-state index contributed by atoms with van der Waals surface area (Å²) in [7, 11) is 4.20. The van der Waals surface area contributed by atoms with Crippen LogP contribution in [0.3, 0.4) is 0 Å². The van der Waals surface area contributed by atoms with Crippen molar-refractivity contribution in [2.45, 2.75) is 19.9 Å². The lowest BCUT2D eigenvalue weighted by molar-refractivity contribution is 0.275. The molecule has 16 heavy (non-hydrogen) atoms. The van der Waals surface area contributed by atoms with Crippen LogP contribution in [0.4, 0.5) is 0 Å². The molecule has 0 aliphatic rings. The summed E-state index contributed by atoms with van der Waals surface area (Å²) in [6.07, 6.45) is 6.91. The van der Waals surface area contributed by atoms with Crippen molar-refractivity contribution >= 4 is 0 Å². The lowest BCUT2D eigenvalue weighted by Gasteiger charge is -2.21. The molecule has 0 bridgehead atoms. The highest BCUT2D eigenvalue weighted by Gasteiger charge is 2.04. The zero-order valence-electron chi connectivity index (χ0n) is 10.7. The van der Waals surface area contributed by atoms with Crippen molar-refractivity contribution in [3.8, 4) is 0 Å². The van der Waals surface area contributed by atoms with Gasteiger partial charge in [-0.25, -0.2) is 4.98 Å². The lowest BCUT2D eigenvalue weighted by atomic mass is 10.1. The zero-order valence-corrected chi connectivity index (χ0v) is 10.7. The topological polar surface area (TPSA) is 33.1 Å². The van der Waals surface area contributed by atoms with Crippen LogP contribution in [0.2, 0.25) is 0 Å². The van der Waals surface area contributed by atoms with E-state index in [1.54, 1.807) is 0 Å². The van der Waals surface area contributed by atoms with E-state index in [0.29, 0.717) is 5.92 Å². The van der Waals surface area contributed by atoms with Gasteiger partial charge in [-0.05, 0) is 39.5 Å². The van der Waals surface area contributed by atoms with Crippen LogP contribution in [0.15, 0.2) is 18.7 Å². The van der Waals surface area contributed by atoms with Crippen LogP contribution >= 0.6 is 0 Å².